The molecule has 0 spiro atoms. The van der Waals surface area contributed by atoms with Gasteiger partial charge in [-0.2, -0.15) is 4.99 Å². The van der Waals surface area contributed by atoms with Gasteiger partial charge < -0.3 is 21.1 Å². The molecule has 0 atom stereocenters. The van der Waals surface area contributed by atoms with E-state index in [1.54, 1.807) is 4.90 Å². The number of nitrogens with zero attached hydrogens (tertiary/aromatic N) is 3. The first-order valence-corrected chi connectivity index (χ1v) is 6.23. The van der Waals surface area contributed by atoms with E-state index in [9.17, 15) is 17.6 Å². The average Bonchev–Trinajstić information content (AvgIpc) is 2.28. The van der Waals surface area contributed by atoms with Gasteiger partial charge in [0.05, 0.1) is 5.69 Å². The molecule has 6 nitrogen and oxygen atoms in total. The highest BCUT2D eigenvalue weighted by molar-refractivity contribution is 5.94. The summed E-state index contributed by atoms with van der Waals surface area (Å²) in [5.74, 6) is -2.21. The summed E-state index contributed by atoms with van der Waals surface area (Å²) in [7, 11) is 0. The Balaban J connectivity index is 0.00000264. The van der Waals surface area contributed by atoms with Gasteiger partial charge in [-0.15, -0.1) is 38.0 Å². The fraction of sp³-hybridized carbons (Fsp3) is 0.333. The number of rotatable bonds is 2. The van der Waals surface area contributed by atoms with Gasteiger partial charge in [-0.3, -0.25) is 0 Å². The van der Waals surface area contributed by atoms with Crippen LogP contribution in [0.25, 0.3) is 0 Å². The van der Waals surface area contributed by atoms with Gasteiger partial charge in [-0.25, -0.2) is 9.38 Å². The molecule has 136 valence electrons. The average molecular weight is 392 g/mol. The van der Waals surface area contributed by atoms with Crippen LogP contribution in [0.1, 0.15) is 6.42 Å². The van der Waals surface area contributed by atoms with E-state index in [1.165, 1.54) is 0 Å². The maximum absolute atomic E-state index is 13.5. The lowest BCUT2D eigenvalue weighted by Crippen LogP contribution is -2.47. The van der Waals surface area contributed by atoms with E-state index < -0.39 is 17.9 Å². The molecule has 4 N–H and O–H groups in total. The largest absolute Gasteiger partial charge is 0.573 e. The van der Waals surface area contributed by atoms with Gasteiger partial charge in [0.15, 0.2) is 17.5 Å². The van der Waals surface area contributed by atoms with Gasteiger partial charge >= 0.3 is 6.36 Å². The Kier molecular flexibility index (Phi) is 8.07. The fourth-order valence-corrected chi connectivity index (χ4v) is 1.66. The van der Waals surface area contributed by atoms with Crippen molar-refractivity contribution in [3.63, 3.8) is 0 Å². The van der Waals surface area contributed by atoms with Crippen molar-refractivity contribution < 1.29 is 22.3 Å². The van der Waals surface area contributed by atoms with Crippen molar-refractivity contribution in [1.82, 2.24) is 4.90 Å². The van der Waals surface area contributed by atoms with Crippen LogP contribution in [0.5, 0.6) is 5.75 Å². The molecule has 0 aliphatic carbocycles. The molecule has 0 bridgehead atoms. The summed E-state index contributed by atoms with van der Waals surface area (Å²) >= 11 is 0. The van der Waals surface area contributed by atoms with Crippen LogP contribution in [0.15, 0.2) is 28.2 Å². The molecule has 0 aromatic heterocycles. The van der Waals surface area contributed by atoms with Crippen molar-refractivity contribution in [2.24, 2.45) is 21.5 Å². The first-order valence-electron chi connectivity index (χ1n) is 6.23. The van der Waals surface area contributed by atoms with Gasteiger partial charge in [0, 0.05) is 19.2 Å². The smallest absolute Gasteiger partial charge is 0.403 e. The third kappa shape index (κ3) is 6.28. The molecular formula is C12H15Cl2F4N5O. The molecule has 1 aliphatic heterocycles. The van der Waals surface area contributed by atoms with Crippen LogP contribution in [0.4, 0.5) is 23.2 Å². The SMILES string of the molecule is Cl.Cl.NC(=Nc1ccc(OC(F)(F)F)c(F)c1)/N=C(/N)N1CCC1. The molecule has 1 aromatic carbocycles. The molecule has 1 aromatic rings. The van der Waals surface area contributed by atoms with Crippen LogP contribution >= 0.6 is 24.8 Å². The molecule has 0 amide bonds. The Morgan fingerprint density at radius 2 is 1.79 bits per heavy atom. The first-order chi connectivity index (χ1) is 10.2. The number of likely N-dealkylation sites (tertiary alicyclic amines) is 1. The van der Waals surface area contributed by atoms with Gasteiger partial charge in [0.1, 0.15) is 0 Å². The lowest BCUT2D eigenvalue weighted by Gasteiger charge is -2.31. The Bertz CT molecular complexity index is 620. The molecule has 0 radical (unpaired) electrons. The van der Waals surface area contributed by atoms with E-state index in [1.807, 2.05) is 0 Å². The van der Waals surface area contributed by atoms with Crippen molar-refractivity contribution in [1.29, 1.82) is 0 Å². The van der Waals surface area contributed by atoms with E-state index >= 15 is 0 Å². The summed E-state index contributed by atoms with van der Waals surface area (Å²) < 4.78 is 53.0. The zero-order valence-corrected chi connectivity index (χ0v) is 13.7. The van der Waals surface area contributed by atoms with Gasteiger partial charge in [-0.05, 0) is 18.6 Å². The van der Waals surface area contributed by atoms with Crippen LogP contribution < -0.4 is 16.2 Å². The zero-order chi connectivity index (χ0) is 16.3. The Morgan fingerprint density at radius 1 is 1.17 bits per heavy atom. The van der Waals surface area contributed by atoms with E-state index in [-0.39, 0.29) is 42.4 Å². The van der Waals surface area contributed by atoms with E-state index in [0.717, 1.165) is 37.7 Å². The molecular weight excluding hydrogens is 377 g/mol. The first kappa shape index (κ1) is 22.1. The lowest BCUT2D eigenvalue weighted by atomic mass is 10.2. The van der Waals surface area contributed by atoms with E-state index in [0.29, 0.717) is 0 Å². The third-order valence-corrected chi connectivity index (χ3v) is 2.79. The minimum Gasteiger partial charge on any atom is -0.403 e. The zero-order valence-electron chi connectivity index (χ0n) is 12.1. The Hall–Kier alpha value is -1.94. The molecule has 24 heavy (non-hydrogen) atoms. The normalized spacial score (nSPS) is 15.1. The molecule has 12 heteroatoms. The minimum atomic E-state index is -4.97. The summed E-state index contributed by atoms with van der Waals surface area (Å²) in [6, 6.07) is 2.67. The molecule has 2 rings (SSSR count). The highest BCUT2D eigenvalue weighted by atomic mass is 35.5. The number of hydrogen-bond acceptors (Lipinski definition) is 2. The van der Waals surface area contributed by atoms with Crippen molar-refractivity contribution in [3.8, 4) is 5.75 Å². The van der Waals surface area contributed by atoms with Crippen LogP contribution in [-0.2, 0) is 0 Å². The van der Waals surface area contributed by atoms with Crippen LogP contribution in [0.3, 0.4) is 0 Å². The second kappa shape index (κ2) is 8.78. The van der Waals surface area contributed by atoms with Crippen molar-refractivity contribution >= 4 is 42.4 Å². The molecule has 0 unspecified atom stereocenters. The fourth-order valence-electron chi connectivity index (χ4n) is 1.66. The number of alkyl halides is 3. The number of aliphatic imine (C=N–C) groups is 2. The molecule has 1 aliphatic rings. The number of nitrogens with two attached hydrogens (primary N) is 2. The van der Waals surface area contributed by atoms with Crippen molar-refractivity contribution in [3.05, 3.63) is 24.0 Å². The quantitative estimate of drug-likeness (QED) is 0.460. The summed E-state index contributed by atoms with van der Waals surface area (Å²) in [5.41, 5.74) is 11.2. The predicted molar refractivity (Wildman–Crippen MR) is 86.7 cm³/mol. The second-order valence-electron chi connectivity index (χ2n) is 4.44. The third-order valence-electron chi connectivity index (χ3n) is 2.79. The molecule has 1 saturated heterocycles. The van der Waals surface area contributed by atoms with Crippen LogP contribution in [0.2, 0.25) is 0 Å². The lowest BCUT2D eigenvalue weighted by molar-refractivity contribution is -0.275. The number of halogens is 6. The van der Waals surface area contributed by atoms with Gasteiger partial charge in [0.2, 0.25) is 5.96 Å². The van der Waals surface area contributed by atoms with Crippen molar-refractivity contribution in [2.75, 3.05) is 13.1 Å². The highest BCUT2D eigenvalue weighted by Crippen LogP contribution is 2.28. The molecule has 1 heterocycles. The monoisotopic (exact) mass is 391 g/mol. The Morgan fingerprint density at radius 3 is 2.25 bits per heavy atom. The highest BCUT2D eigenvalue weighted by Gasteiger charge is 2.32. The number of hydrogen-bond donors (Lipinski definition) is 2. The van der Waals surface area contributed by atoms with E-state index in [2.05, 4.69) is 14.7 Å². The maximum atomic E-state index is 13.5. The molecule has 1 fully saturated rings. The minimum absolute atomic E-state index is 0. The van der Waals surface area contributed by atoms with Crippen LogP contribution in [-0.4, -0.2) is 36.3 Å². The summed E-state index contributed by atoms with van der Waals surface area (Å²) in [4.78, 5) is 9.35. The van der Waals surface area contributed by atoms with Gasteiger partial charge in [0.25, 0.3) is 0 Å². The van der Waals surface area contributed by atoms with Crippen molar-refractivity contribution in [2.45, 2.75) is 12.8 Å². The summed E-state index contributed by atoms with van der Waals surface area (Å²) in [5, 5.41) is 0. The predicted octanol–water partition coefficient (Wildman–Crippen LogP) is 2.53. The number of ether oxygens (including phenoxy) is 1. The van der Waals surface area contributed by atoms with Gasteiger partial charge in [-0.1, -0.05) is 0 Å². The maximum Gasteiger partial charge on any atom is 0.573 e. The summed E-state index contributed by atoms with van der Waals surface area (Å²) in [6.45, 7) is 1.53. The molecule has 0 saturated carbocycles. The topological polar surface area (TPSA) is 89.2 Å². The Labute approximate surface area is 147 Å². The number of benzene rings is 1. The van der Waals surface area contributed by atoms with E-state index in [4.69, 9.17) is 11.5 Å². The van der Waals surface area contributed by atoms with Crippen LogP contribution in [0, 0.1) is 5.82 Å². The second-order valence-corrected chi connectivity index (χ2v) is 4.44. The number of guanidine groups is 2. The standard InChI is InChI=1S/C12H13F4N5O.2ClH/c13-8-6-7(2-3-9(8)22-12(14,15)16)19-10(17)20-11(18)21-4-1-5-21;;/h2-3,6H,1,4-5H2,(H4,17,18,19,20);2*1H. The summed E-state index contributed by atoms with van der Waals surface area (Å²) in [6.07, 6.45) is -3.97.